The van der Waals surface area contributed by atoms with Crippen molar-refractivity contribution in [2.45, 2.75) is 19.4 Å². The van der Waals surface area contributed by atoms with Gasteiger partial charge in [0.05, 0.1) is 22.9 Å². The van der Waals surface area contributed by atoms with Crippen LogP contribution in [-0.4, -0.2) is 15.8 Å². The number of aromatic nitrogens is 2. The number of aryl methyl sites for hydroxylation is 1. The van der Waals surface area contributed by atoms with Crippen molar-refractivity contribution in [2.24, 2.45) is 7.05 Å². The number of carbonyl (C=O) groups excluding carboxylic acids is 1. The molecule has 0 radical (unpaired) electrons. The van der Waals surface area contributed by atoms with Crippen molar-refractivity contribution in [2.75, 3.05) is 5.32 Å². The Bertz CT molecular complexity index is 675. The lowest BCUT2D eigenvalue weighted by atomic mass is 10.2. The zero-order chi connectivity index (χ0) is 16.3. The Morgan fingerprint density at radius 1 is 1.41 bits per heavy atom. The maximum atomic E-state index is 12.8. The Morgan fingerprint density at radius 3 is 2.73 bits per heavy atom. The normalized spacial score (nSPS) is 12.3. The molecule has 1 heterocycles. The van der Waals surface area contributed by atoms with E-state index in [1.165, 1.54) is 18.2 Å². The fraction of sp³-hybridized carbons (Fsp3) is 0.286. The Morgan fingerprint density at radius 2 is 2.14 bits per heavy atom. The van der Waals surface area contributed by atoms with Crippen LogP contribution in [0, 0.1) is 0 Å². The zero-order valence-electron chi connectivity index (χ0n) is 12.0. The molecule has 0 bridgehead atoms. The largest absolute Gasteiger partial charge is 0.331 e. The highest BCUT2D eigenvalue weighted by molar-refractivity contribution is 6.34. The summed E-state index contributed by atoms with van der Waals surface area (Å²) in [5, 5.41) is 9.00. The average molecular weight is 329 g/mol. The third kappa shape index (κ3) is 3.73. The smallest absolute Gasteiger partial charge is 0.319 e. The predicted molar refractivity (Wildman–Crippen MR) is 80.2 cm³/mol. The van der Waals surface area contributed by atoms with Gasteiger partial charge in [0.25, 0.3) is 6.43 Å². The molecule has 1 unspecified atom stereocenters. The molecule has 2 aromatic rings. The summed E-state index contributed by atoms with van der Waals surface area (Å²) in [6.45, 7) is 1.79. The molecule has 118 valence electrons. The van der Waals surface area contributed by atoms with E-state index >= 15 is 0 Å². The number of amides is 2. The van der Waals surface area contributed by atoms with Gasteiger partial charge in [-0.2, -0.15) is 5.10 Å². The minimum atomic E-state index is -2.70. The van der Waals surface area contributed by atoms with Gasteiger partial charge in [-0.1, -0.05) is 23.7 Å². The van der Waals surface area contributed by atoms with Crippen LogP contribution in [0.15, 0.2) is 30.6 Å². The molecule has 8 heteroatoms. The lowest BCUT2D eigenvalue weighted by molar-refractivity contribution is 0.151. The van der Waals surface area contributed by atoms with E-state index in [2.05, 4.69) is 15.7 Å². The van der Waals surface area contributed by atoms with Gasteiger partial charge >= 0.3 is 6.03 Å². The molecule has 0 saturated heterocycles. The number of nitrogens with one attached hydrogen (secondary N) is 2. The van der Waals surface area contributed by atoms with Gasteiger partial charge in [-0.15, -0.1) is 0 Å². The van der Waals surface area contributed by atoms with Crippen molar-refractivity contribution in [3.8, 4) is 0 Å². The highest BCUT2D eigenvalue weighted by atomic mass is 35.5. The van der Waals surface area contributed by atoms with Crippen LogP contribution < -0.4 is 10.6 Å². The van der Waals surface area contributed by atoms with Crippen LogP contribution >= 0.6 is 11.6 Å². The number of hydrogen-bond acceptors (Lipinski definition) is 2. The van der Waals surface area contributed by atoms with Crippen LogP contribution in [0.4, 0.5) is 19.3 Å². The predicted octanol–water partition coefficient (Wildman–Crippen LogP) is 3.89. The number of hydrogen-bond donors (Lipinski definition) is 2. The van der Waals surface area contributed by atoms with Gasteiger partial charge in [-0.25, -0.2) is 13.6 Å². The van der Waals surface area contributed by atoms with Crippen LogP contribution in [0.25, 0.3) is 0 Å². The first-order valence-corrected chi connectivity index (χ1v) is 6.89. The monoisotopic (exact) mass is 328 g/mol. The van der Waals surface area contributed by atoms with Crippen molar-refractivity contribution in [1.82, 2.24) is 15.1 Å². The third-order valence-electron chi connectivity index (χ3n) is 3.08. The minimum Gasteiger partial charge on any atom is -0.331 e. The molecule has 5 nitrogen and oxygen atoms in total. The molecule has 0 saturated carbocycles. The van der Waals surface area contributed by atoms with Crippen molar-refractivity contribution in [3.05, 3.63) is 46.7 Å². The second-order valence-electron chi connectivity index (χ2n) is 4.78. The number of rotatable bonds is 4. The molecule has 1 aromatic heterocycles. The van der Waals surface area contributed by atoms with Gasteiger partial charge in [0.1, 0.15) is 0 Å². The van der Waals surface area contributed by atoms with Gasteiger partial charge in [0, 0.05) is 24.4 Å². The molecule has 2 N–H and O–H groups in total. The summed E-state index contributed by atoms with van der Waals surface area (Å²) in [5.74, 6) is 0. The van der Waals surface area contributed by atoms with Gasteiger partial charge in [0.2, 0.25) is 0 Å². The maximum absolute atomic E-state index is 12.8. The van der Waals surface area contributed by atoms with E-state index in [4.69, 9.17) is 11.6 Å². The molecule has 0 aliphatic heterocycles. The Hall–Kier alpha value is -2.15. The average Bonchev–Trinajstić information content (AvgIpc) is 2.87. The lowest BCUT2D eigenvalue weighted by Gasteiger charge is -2.15. The molecule has 0 aliphatic rings. The first kappa shape index (κ1) is 16.2. The van der Waals surface area contributed by atoms with Crippen LogP contribution in [0.2, 0.25) is 5.02 Å². The van der Waals surface area contributed by atoms with E-state index in [-0.39, 0.29) is 22.3 Å². The second-order valence-corrected chi connectivity index (χ2v) is 5.15. The summed E-state index contributed by atoms with van der Waals surface area (Å²) in [6.07, 6.45) is 0.705. The molecule has 1 aromatic carbocycles. The van der Waals surface area contributed by atoms with Crippen LogP contribution in [0.5, 0.6) is 0 Å². The summed E-state index contributed by atoms with van der Waals surface area (Å²) in [4.78, 5) is 11.9. The molecular formula is C14H15ClF2N4O. The van der Waals surface area contributed by atoms with Gasteiger partial charge < -0.3 is 10.6 Å². The van der Waals surface area contributed by atoms with Gasteiger partial charge in [-0.3, -0.25) is 4.68 Å². The molecule has 1 atom stereocenters. The minimum absolute atomic E-state index is 0.135. The molecule has 0 aliphatic carbocycles. The third-order valence-corrected chi connectivity index (χ3v) is 3.51. The highest BCUT2D eigenvalue weighted by Crippen LogP contribution is 2.32. The van der Waals surface area contributed by atoms with Gasteiger partial charge in [0.15, 0.2) is 0 Å². The summed E-state index contributed by atoms with van der Waals surface area (Å²) in [6, 6.07) is 3.26. The molecular weight excluding hydrogens is 314 g/mol. The van der Waals surface area contributed by atoms with E-state index in [9.17, 15) is 13.6 Å². The molecule has 22 heavy (non-hydrogen) atoms. The number of halogens is 3. The van der Waals surface area contributed by atoms with Gasteiger partial charge in [-0.05, 0) is 13.0 Å². The number of benzene rings is 1. The molecule has 2 amide bonds. The van der Waals surface area contributed by atoms with Crippen molar-refractivity contribution in [3.63, 3.8) is 0 Å². The van der Waals surface area contributed by atoms with Crippen LogP contribution in [-0.2, 0) is 7.05 Å². The van der Waals surface area contributed by atoms with E-state index in [1.54, 1.807) is 31.0 Å². The Kier molecular flexibility index (Phi) is 4.97. The molecule has 0 fully saturated rings. The second kappa shape index (κ2) is 6.74. The van der Waals surface area contributed by atoms with Crippen LogP contribution in [0.1, 0.15) is 30.5 Å². The lowest BCUT2D eigenvalue weighted by Crippen LogP contribution is -2.31. The van der Waals surface area contributed by atoms with E-state index in [1.807, 2.05) is 0 Å². The Labute approximate surface area is 131 Å². The number of alkyl halides is 2. The number of nitrogens with zero attached hydrogens (tertiary/aromatic N) is 2. The quantitative estimate of drug-likeness (QED) is 0.894. The molecule has 2 rings (SSSR count). The number of urea groups is 1. The maximum Gasteiger partial charge on any atom is 0.319 e. The highest BCUT2D eigenvalue weighted by Gasteiger charge is 2.17. The summed E-state index contributed by atoms with van der Waals surface area (Å²) < 4.78 is 27.1. The van der Waals surface area contributed by atoms with Crippen molar-refractivity contribution >= 4 is 23.3 Å². The first-order valence-electron chi connectivity index (χ1n) is 6.51. The topological polar surface area (TPSA) is 59.0 Å². The fourth-order valence-corrected chi connectivity index (χ4v) is 2.17. The number of carbonyl (C=O) groups is 1. The summed E-state index contributed by atoms with van der Waals surface area (Å²) >= 11 is 5.87. The number of anilines is 1. The van der Waals surface area contributed by atoms with Crippen molar-refractivity contribution in [1.29, 1.82) is 0 Å². The summed E-state index contributed by atoms with van der Waals surface area (Å²) in [5.41, 5.74) is 0.639. The van der Waals surface area contributed by atoms with Crippen molar-refractivity contribution < 1.29 is 13.6 Å². The van der Waals surface area contributed by atoms with E-state index in [0.717, 1.165) is 5.56 Å². The summed E-state index contributed by atoms with van der Waals surface area (Å²) in [7, 11) is 1.77. The van der Waals surface area contributed by atoms with E-state index < -0.39 is 12.5 Å². The first-order chi connectivity index (χ1) is 10.4. The van der Waals surface area contributed by atoms with Crippen LogP contribution in [0.3, 0.4) is 0 Å². The Balaban J connectivity index is 2.05. The standard InChI is InChI=1S/C14H15ClF2N4O/c1-8(9-6-18-21(2)7-9)19-14(22)20-11-5-3-4-10(12(11)15)13(16)17/h3-8,13H,1-2H3,(H2,19,20,22). The zero-order valence-corrected chi connectivity index (χ0v) is 12.7. The SMILES string of the molecule is CC(NC(=O)Nc1cccc(C(F)F)c1Cl)c1cnn(C)c1. The fourth-order valence-electron chi connectivity index (χ4n) is 1.92. The van der Waals surface area contributed by atoms with E-state index in [0.29, 0.717) is 0 Å². The molecule has 0 spiro atoms.